The molecular formula is C16H26N3O2. The van der Waals surface area contributed by atoms with E-state index in [1.165, 1.54) is 0 Å². The average molecular weight is 292 g/mol. The Kier molecular flexibility index (Phi) is 5.36. The van der Waals surface area contributed by atoms with Crippen molar-refractivity contribution in [3.63, 3.8) is 0 Å². The Hall–Kier alpha value is -1.59. The Morgan fingerprint density at radius 1 is 1.38 bits per heavy atom. The molecule has 1 aromatic rings. The maximum absolute atomic E-state index is 11.7. The zero-order chi connectivity index (χ0) is 16.3. The van der Waals surface area contributed by atoms with Gasteiger partial charge in [0.25, 0.3) is 0 Å². The molecule has 0 saturated heterocycles. The lowest BCUT2D eigenvalue weighted by molar-refractivity contribution is 0.0505. The number of benzene rings is 1. The molecule has 1 rings (SSSR count). The first-order chi connectivity index (χ1) is 9.55. The fourth-order valence-electron chi connectivity index (χ4n) is 1.74. The lowest BCUT2D eigenvalue weighted by Crippen LogP contribution is -2.38. The van der Waals surface area contributed by atoms with E-state index < -0.39 is 17.9 Å². The van der Waals surface area contributed by atoms with Crippen LogP contribution in [0.5, 0.6) is 0 Å². The number of rotatable bonds is 4. The summed E-state index contributed by atoms with van der Waals surface area (Å²) in [6, 6.07) is 7.57. The Labute approximate surface area is 127 Å². The van der Waals surface area contributed by atoms with Crippen molar-refractivity contribution < 1.29 is 9.53 Å². The van der Waals surface area contributed by atoms with E-state index in [0.29, 0.717) is 6.54 Å². The highest BCUT2D eigenvalue weighted by Crippen LogP contribution is 2.23. The van der Waals surface area contributed by atoms with Crippen molar-refractivity contribution in [2.75, 3.05) is 6.54 Å². The van der Waals surface area contributed by atoms with Crippen LogP contribution >= 0.6 is 0 Å². The van der Waals surface area contributed by atoms with E-state index in [9.17, 15) is 4.79 Å². The molecule has 1 amide bonds. The standard InChI is InChI=1S/C16H26N3O2/c1-15(2,3)21-14(20)19-13(18)11-7-6-8-12(9-11)16(4,5)10-17/h6-9,13H,4,10,17-18H2,1-3,5H3,(H,19,20). The average Bonchev–Trinajstić information content (AvgIpc) is 2.36. The summed E-state index contributed by atoms with van der Waals surface area (Å²) in [7, 11) is 0. The Balaban J connectivity index is 2.82. The highest BCUT2D eigenvalue weighted by atomic mass is 16.6. The van der Waals surface area contributed by atoms with Gasteiger partial charge in [0.05, 0.1) is 0 Å². The van der Waals surface area contributed by atoms with E-state index in [4.69, 9.17) is 16.2 Å². The van der Waals surface area contributed by atoms with Crippen LogP contribution in [0.1, 0.15) is 45.0 Å². The molecular weight excluding hydrogens is 266 g/mol. The molecule has 0 aliphatic rings. The summed E-state index contributed by atoms with van der Waals surface area (Å²) in [5.74, 6) is 0. The summed E-state index contributed by atoms with van der Waals surface area (Å²) >= 11 is 0. The van der Waals surface area contributed by atoms with Crippen LogP contribution in [0.15, 0.2) is 24.3 Å². The molecule has 0 bridgehead atoms. The minimum Gasteiger partial charge on any atom is -0.444 e. The van der Waals surface area contributed by atoms with Crippen LogP contribution in [0.3, 0.4) is 0 Å². The monoisotopic (exact) mass is 292 g/mol. The van der Waals surface area contributed by atoms with Crippen molar-refractivity contribution in [3.8, 4) is 0 Å². The number of alkyl carbamates (subject to hydrolysis) is 1. The van der Waals surface area contributed by atoms with Gasteiger partial charge in [-0.3, -0.25) is 0 Å². The summed E-state index contributed by atoms with van der Waals surface area (Å²) in [6.07, 6.45) is -1.19. The van der Waals surface area contributed by atoms with Gasteiger partial charge in [0.15, 0.2) is 0 Å². The fraction of sp³-hybridized carbons (Fsp3) is 0.500. The highest BCUT2D eigenvalue weighted by Gasteiger charge is 2.21. The van der Waals surface area contributed by atoms with Crippen molar-refractivity contribution in [3.05, 3.63) is 42.3 Å². The predicted octanol–water partition coefficient (Wildman–Crippen LogP) is 2.22. The van der Waals surface area contributed by atoms with Crippen molar-refractivity contribution in [1.82, 2.24) is 5.32 Å². The summed E-state index contributed by atoms with van der Waals surface area (Å²) < 4.78 is 5.19. The molecule has 5 N–H and O–H groups in total. The van der Waals surface area contributed by atoms with Crippen molar-refractivity contribution >= 4 is 6.09 Å². The van der Waals surface area contributed by atoms with Gasteiger partial charge in [-0.05, 0) is 38.8 Å². The second-order valence-electron chi connectivity index (χ2n) is 6.51. The summed E-state index contributed by atoms with van der Waals surface area (Å²) in [5.41, 5.74) is 12.5. The fourth-order valence-corrected chi connectivity index (χ4v) is 1.74. The van der Waals surface area contributed by atoms with Crippen LogP contribution in [-0.2, 0) is 10.2 Å². The van der Waals surface area contributed by atoms with Gasteiger partial charge < -0.3 is 21.5 Å². The van der Waals surface area contributed by atoms with Gasteiger partial charge in [0.1, 0.15) is 11.8 Å². The minimum atomic E-state index is -0.645. The topological polar surface area (TPSA) is 90.4 Å². The van der Waals surface area contributed by atoms with Crippen molar-refractivity contribution in [2.24, 2.45) is 11.5 Å². The molecule has 5 heteroatoms. The molecule has 1 radical (unpaired) electrons. The van der Waals surface area contributed by atoms with Gasteiger partial charge >= 0.3 is 6.09 Å². The molecule has 0 heterocycles. The normalized spacial score (nSPS) is 13.7. The first-order valence-corrected chi connectivity index (χ1v) is 6.96. The van der Waals surface area contributed by atoms with Crippen LogP contribution < -0.4 is 16.8 Å². The van der Waals surface area contributed by atoms with E-state index in [1.807, 2.05) is 31.2 Å². The predicted molar refractivity (Wildman–Crippen MR) is 84.5 cm³/mol. The summed E-state index contributed by atoms with van der Waals surface area (Å²) in [6.45, 7) is 11.9. The maximum atomic E-state index is 11.7. The molecule has 0 spiro atoms. The molecule has 21 heavy (non-hydrogen) atoms. The van der Waals surface area contributed by atoms with Crippen LogP contribution in [-0.4, -0.2) is 18.2 Å². The quantitative estimate of drug-likeness (QED) is 0.742. The van der Waals surface area contributed by atoms with Crippen LogP contribution in [0.25, 0.3) is 0 Å². The minimum absolute atomic E-state index is 0.387. The third kappa shape index (κ3) is 5.36. The van der Waals surface area contributed by atoms with Crippen LogP contribution in [0.2, 0.25) is 0 Å². The summed E-state index contributed by atoms with van der Waals surface area (Å²) in [5, 5.41) is 2.61. The number of carbonyl (C=O) groups is 1. The van der Waals surface area contributed by atoms with E-state index >= 15 is 0 Å². The van der Waals surface area contributed by atoms with Gasteiger partial charge in [-0.25, -0.2) is 4.79 Å². The first kappa shape index (κ1) is 17.5. The van der Waals surface area contributed by atoms with Gasteiger partial charge in [0, 0.05) is 12.0 Å². The maximum Gasteiger partial charge on any atom is 0.409 e. The molecule has 117 valence electrons. The second kappa shape index (κ2) is 6.45. The number of hydrogen-bond donors (Lipinski definition) is 3. The third-order valence-corrected chi connectivity index (χ3v) is 3.07. The van der Waals surface area contributed by atoms with Gasteiger partial charge in [-0.2, -0.15) is 0 Å². The molecule has 5 nitrogen and oxygen atoms in total. The highest BCUT2D eigenvalue weighted by molar-refractivity contribution is 5.68. The smallest absolute Gasteiger partial charge is 0.409 e. The summed E-state index contributed by atoms with van der Waals surface area (Å²) in [4.78, 5) is 11.7. The van der Waals surface area contributed by atoms with E-state index in [2.05, 4.69) is 12.2 Å². The molecule has 0 aliphatic carbocycles. The van der Waals surface area contributed by atoms with E-state index in [-0.39, 0.29) is 5.41 Å². The van der Waals surface area contributed by atoms with Gasteiger partial charge in [0.2, 0.25) is 0 Å². The van der Waals surface area contributed by atoms with Crippen molar-refractivity contribution in [1.29, 1.82) is 0 Å². The zero-order valence-electron chi connectivity index (χ0n) is 13.3. The van der Waals surface area contributed by atoms with Crippen LogP contribution in [0.4, 0.5) is 4.79 Å². The molecule has 2 unspecified atom stereocenters. The van der Waals surface area contributed by atoms with Crippen LogP contribution in [0, 0.1) is 6.92 Å². The number of hydrogen-bond acceptors (Lipinski definition) is 4. The largest absolute Gasteiger partial charge is 0.444 e. The molecule has 1 aromatic carbocycles. The van der Waals surface area contributed by atoms with E-state index in [1.54, 1.807) is 20.8 Å². The number of nitrogens with one attached hydrogen (secondary N) is 1. The molecule has 0 aliphatic heterocycles. The molecule has 0 saturated carbocycles. The Bertz CT molecular complexity index is 493. The zero-order valence-corrected chi connectivity index (χ0v) is 13.3. The third-order valence-electron chi connectivity index (χ3n) is 3.07. The van der Waals surface area contributed by atoms with Crippen molar-refractivity contribution in [2.45, 2.75) is 44.9 Å². The lowest BCUT2D eigenvalue weighted by Gasteiger charge is -2.25. The lowest BCUT2D eigenvalue weighted by atomic mass is 9.84. The SMILES string of the molecule is [CH2]C(C)(CN)c1cccc(C(N)NC(=O)OC(C)(C)C)c1. The Morgan fingerprint density at radius 2 is 2.00 bits per heavy atom. The number of amides is 1. The number of ether oxygens (including phenoxy) is 1. The van der Waals surface area contributed by atoms with Gasteiger partial charge in [-0.1, -0.05) is 31.2 Å². The first-order valence-electron chi connectivity index (χ1n) is 6.96. The number of carbonyl (C=O) groups excluding carboxylic acids is 1. The van der Waals surface area contributed by atoms with Gasteiger partial charge in [-0.15, -0.1) is 0 Å². The number of nitrogens with two attached hydrogens (primary N) is 2. The molecule has 2 atom stereocenters. The Morgan fingerprint density at radius 3 is 2.52 bits per heavy atom. The molecule has 0 fully saturated rings. The molecule has 0 aromatic heterocycles. The van der Waals surface area contributed by atoms with E-state index in [0.717, 1.165) is 11.1 Å². The second-order valence-corrected chi connectivity index (χ2v) is 6.51.